The summed E-state index contributed by atoms with van der Waals surface area (Å²) in [6, 6.07) is 3.18. The number of rotatable bonds is 3. The molecule has 0 aromatic carbocycles. The Balaban J connectivity index is 1.93. The number of hydrogen-bond donors (Lipinski definition) is 1. The molecule has 1 aromatic heterocycles. The minimum atomic E-state index is 0.0283. The Kier molecular flexibility index (Phi) is 3.90. The first-order valence-corrected chi connectivity index (χ1v) is 6.67. The van der Waals surface area contributed by atoms with Gasteiger partial charge in [-0.1, -0.05) is 0 Å². The molecule has 1 saturated heterocycles. The van der Waals surface area contributed by atoms with Gasteiger partial charge in [0.05, 0.1) is 0 Å². The third-order valence-corrected chi connectivity index (χ3v) is 3.71. The van der Waals surface area contributed by atoms with Crippen LogP contribution in [0.5, 0.6) is 0 Å². The molecule has 2 heterocycles. The molecule has 2 rings (SSSR count). The maximum atomic E-state index is 11.5. The van der Waals surface area contributed by atoms with E-state index in [-0.39, 0.29) is 5.56 Å². The predicted molar refractivity (Wildman–Crippen MR) is 68.9 cm³/mol. The first kappa shape index (κ1) is 11.5. The number of anilines is 1. The molecule has 1 fully saturated rings. The van der Waals surface area contributed by atoms with Crippen LogP contribution in [-0.2, 0) is 6.54 Å². The fraction of sp³-hybridized carbons (Fsp3) is 0.545. The topological polar surface area (TPSA) is 51.3 Å². The Hall–Kier alpha value is -0.940. The number of nitrogens with two attached hydrogens (primary N) is 1. The van der Waals surface area contributed by atoms with Crippen LogP contribution in [0.25, 0.3) is 0 Å². The molecule has 0 atom stereocenters. The first-order valence-electron chi connectivity index (χ1n) is 5.52. The molecule has 0 saturated carbocycles. The summed E-state index contributed by atoms with van der Waals surface area (Å²) in [5, 5.41) is 0. The van der Waals surface area contributed by atoms with Crippen LogP contribution >= 0.6 is 11.8 Å². The zero-order chi connectivity index (χ0) is 11.4. The predicted octanol–water partition coefficient (Wildman–Crippen LogP) is 0.479. The number of nitrogens with zero attached hydrogens (tertiary/aromatic N) is 2. The molecule has 4 nitrogen and oxygen atoms in total. The molecular weight excluding hydrogens is 222 g/mol. The number of hydrogen-bond acceptors (Lipinski definition) is 4. The molecule has 1 aliphatic heterocycles. The Morgan fingerprint density at radius 2 is 2.00 bits per heavy atom. The second kappa shape index (κ2) is 5.41. The highest BCUT2D eigenvalue weighted by atomic mass is 32.2. The molecule has 0 bridgehead atoms. The average molecular weight is 239 g/mol. The fourth-order valence-corrected chi connectivity index (χ4v) is 2.78. The molecule has 0 aliphatic carbocycles. The molecule has 0 spiro atoms. The monoisotopic (exact) mass is 239 g/mol. The number of thioether (sulfide) groups is 1. The van der Waals surface area contributed by atoms with Gasteiger partial charge in [0.2, 0.25) is 0 Å². The molecule has 16 heavy (non-hydrogen) atoms. The van der Waals surface area contributed by atoms with Crippen LogP contribution in [0.4, 0.5) is 5.69 Å². The van der Waals surface area contributed by atoms with E-state index < -0.39 is 0 Å². The van der Waals surface area contributed by atoms with Gasteiger partial charge in [-0.3, -0.25) is 9.69 Å². The largest absolute Gasteiger partial charge is 0.398 e. The van der Waals surface area contributed by atoms with E-state index in [4.69, 9.17) is 5.73 Å². The molecule has 0 unspecified atom stereocenters. The molecular formula is C11H17N3OS. The lowest BCUT2D eigenvalue weighted by Gasteiger charge is -2.26. The molecule has 2 N–H and O–H groups in total. The zero-order valence-electron chi connectivity index (χ0n) is 9.26. The number of nitrogen functional groups attached to an aromatic ring is 1. The van der Waals surface area contributed by atoms with Gasteiger partial charge in [-0.05, 0) is 6.07 Å². The van der Waals surface area contributed by atoms with Crippen LogP contribution in [0.1, 0.15) is 0 Å². The van der Waals surface area contributed by atoms with Gasteiger partial charge in [0.15, 0.2) is 0 Å². The summed E-state index contributed by atoms with van der Waals surface area (Å²) in [5.41, 5.74) is 6.33. The van der Waals surface area contributed by atoms with Crippen molar-refractivity contribution in [2.24, 2.45) is 0 Å². The van der Waals surface area contributed by atoms with Gasteiger partial charge in [-0.15, -0.1) is 0 Å². The van der Waals surface area contributed by atoms with Gasteiger partial charge >= 0.3 is 0 Å². The zero-order valence-corrected chi connectivity index (χ0v) is 10.1. The molecule has 1 aliphatic rings. The van der Waals surface area contributed by atoms with Crippen LogP contribution in [0.3, 0.4) is 0 Å². The van der Waals surface area contributed by atoms with E-state index in [1.807, 2.05) is 11.8 Å². The summed E-state index contributed by atoms with van der Waals surface area (Å²) >= 11 is 2.00. The Bertz CT molecular complexity index is 398. The van der Waals surface area contributed by atoms with Crippen LogP contribution in [0, 0.1) is 0 Å². The van der Waals surface area contributed by atoms with Gasteiger partial charge in [0, 0.05) is 55.6 Å². The van der Waals surface area contributed by atoms with Crippen LogP contribution in [0.2, 0.25) is 0 Å². The van der Waals surface area contributed by atoms with E-state index in [1.54, 1.807) is 16.8 Å². The van der Waals surface area contributed by atoms with Crippen molar-refractivity contribution < 1.29 is 0 Å². The highest BCUT2D eigenvalue weighted by molar-refractivity contribution is 7.99. The Labute approximate surface area is 99.4 Å². The van der Waals surface area contributed by atoms with Crippen molar-refractivity contribution in [2.75, 3.05) is 36.9 Å². The summed E-state index contributed by atoms with van der Waals surface area (Å²) < 4.78 is 1.69. The Morgan fingerprint density at radius 3 is 2.75 bits per heavy atom. The lowest BCUT2D eigenvalue weighted by Crippen LogP contribution is -2.36. The van der Waals surface area contributed by atoms with Crippen molar-refractivity contribution in [3.8, 4) is 0 Å². The van der Waals surface area contributed by atoms with Crippen LogP contribution in [0.15, 0.2) is 23.1 Å². The molecule has 0 amide bonds. The number of aromatic nitrogens is 1. The summed E-state index contributed by atoms with van der Waals surface area (Å²) in [6.07, 6.45) is 1.72. The molecule has 1 aromatic rings. The number of pyridine rings is 1. The molecule has 0 radical (unpaired) electrons. The van der Waals surface area contributed by atoms with E-state index in [0.29, 0.717) is 5.69 Å². The summed E-state index contributed by atoms with van der Waals surface area (Å²) in [7, 11) is 0. The van der Waals surface area contributed by atoms with E-state index in [1.165, 1.54) is 17.6 Å². The van der Waals surface area contributed by atoms with E-state index in [9.17, 15) is 4.79 Å². The average Bonchev–Trinajstić information content (AvgIpc) is 2.32. The van der Waals surface area contributed by atoms with Gasteiger partial charge in [-0.2, -0.15) is 11.8 Å². The highest BCUT2D eigenvalue weighted by Gasteiger charge is 2.09. The van der Waals surface area contributed by atoms with Gasteiger partial charge < -0.3 is 10.3 Å². The smallest absolute Gasteiger partial charge is 0.250 e. The highest BCUT2D eigenvalue weighted by Crippen LogP contribution is 2.08. The lowest BCUT2D eigenvalue weighted by atomic mass is 10.4. The van der Waals surface area contributed by atoms with E-state index >= 15 is 0 Å². The molecule has 88 valence electrons. The Morgan fingerprint density at radius 1 is 1.25 bits per heavy atom. The standard InChI is InChI=1S/C11H17N3OS/c12-10-1-2-11(15)14(9-10)4-3-13-5-7-16-8-6-13/h1-2,9H,3-8,12H2. The van der Waals surface area contributed by atoms with Gasteiger partial charge in [0.1, 0.15) is 0 Å². The van der Waals surface area contributed by atoms with Crippen molar-refractivity contribution in [1.82, 2.24) is 9.47 Å². The minimum Gasteiger partial charge on any atom is -0.398 e. The summed E-state index contributed by atoms with van der Waals surface area (Å²) in [6.45, 7) is 3.92. The quantitative estimate of drug-likeness (QED) is 0.833. The first-order chi connectivity index (χ1) is 7.75. The third kappa shape index (κ3) is 3.02. The lowest BCUT2D eigenvalue weighted by molar-refractivity contribution is 0.288. The van der Waals surface area contributed by atoms with Crippen molar-refractivity contribution in [3.63, 3.8) is 0 Å². The fourth-order valence-electron chi connectivity index (χ4n) is 1.80. The maximum absolute atomic E-state index is 11.5. The summed E-state index contributed by atoms with van der Waals surface area (Å²) in [5.74, 6) is 2.40. The van der Waals surface area contributed by atoms with Crippen LogP contribution in [-0.4, -0.2) is 40.6 Å². The van der Waals surface area contributed by atoms with Crippen molar-refractivity contribution in [2.45, 2.75) is 6.54 Å². The van der Waals surface area contributed by atoms with Gasteiger partial charge in [0.25, 0.3) is 5.56 Å². The second-order valence-corrected chi connectivity index (χ2v) is 5.17. The van der Waals surface area contributed by atoms with Gasteiger partial charge in [-0.25, -0.2) is 0 Å². The maximum Gasteiger partial charge on any atom is 0.250 e. The summed E-state index contributed by atoms with van der Waals surface area (Å²) in [4.78, 5) is 13.9. The van der Waals surface area contributed by atoms with E-state index in [2.05, 4.69) is 4.90 Å². The van der Waals surface area contributed by atoms with Crippen molar-refractivity contribution in [3.05, 3.63) is 28.7 Å². The van der Waals surface area contributed by atoms with Crippen molar-refractivity contribution >= 4 is 17.4 Å². The molecule has 5 heteroatoms. The van der Waals surface area contributed by atoms with E-state index in [0.717, 1.165) is 26.2 Å². The third-order valence-electron chi connectivity index (χ3n) is 2.77. The SMILES string of the molecule is Nc1ccc(=O)n(CCN2CCSCC2)c1. The normalized spacial score (nSPS) is 17.5. The second-order valence-electron chi connectivity index (χ2n) is 3.95. The van der Waals surface area contributed by atoms with Crippen molar-refractivity contribution in [1.29, 1.82) is 0 Å². The minimum absolute atomic E-state index is 0.0283. The van der Waals surface area contributed by atoms with Crippen LogP contribution < -0.4 is 11.3 Å².